The van der Waals surface area contributed by atoms with E-state index in [9.17, 15) is 14.7 Å². The molecule has 0 radical (unpaired) electrons. The van der Waals surface area contributed by atoms with Gasteiger partial charge in [-0.2, -0.15) is 0 Å². The summed E-state index contributed by atoms with van der Waals surface area (Å²) in [5.41, 5.74) is 6.71. The Bertz CT molecular complexity index is 679. The molecule has 0 spiro atoms. The molecule has 4 N–H and O–H groups in total. The molecule has 6 nitrogen and oxygen atoms in total. The first-order valence-electron chi connectivity index (χ1n) is 6.42. The number of rotatable bonds is 2. The number of H-pyrrole nitrogens is 1. The van der Waals surface area contributed by atoms with Gasteiger partial charge in [-0.25, -0.2) is 0 Å². The lowest BCUT2D eigenvalue weighted by Gasteiger charge is -2.21. The maximum Gasteiger partial charge on any atom is 0.254 e. The van der Waals surface area contributed by atoms with Crippen molar-refractivity contribution in [3.05, 3.63) is 36.0 Å². The molecular weight excluding hydrogens is 258 g/mol. The summed E-state index contributed by atoms with van der Waals surface area (Å²) in [5.74, 6) is -0.869. The molecule has 0 bridgehead atoms. The number of hydrogen-bond donors (Lipinski definition) is 3. The molecule has 2 amide bonds. The van der Waals surface area contributed by atoms with E-state index in [1.807, 2.05) is 12.1 Å². The van der Waals surface area contributed by atoms with Crippen molar-refractivity contribution in [1.82, 2.24) is 9.88 Å². The average molecular weight is 273 g/mol. The highest BCUT2D eigenvalue weighted by Gasteiger charge is 2.38. The van der Waals surface area contributed by atoms with Gasteiger partial charge in [-0.1, -0.05) is 0 Å². The Hall–Kier alpha value is -2.34. The van der Waals surface area contributed by atoms with Crippen LogP contribution in [0.2, 0.25) is 0 Å². The van der Waals surface area contributed by atoms with E-state index in [-0.39, 0.29) is 18.9 Å². The summed E-state index contributed by atoms with van der Waals surface area (Å²) in [6, 6.07) is 6.41. The number of primary amides is 1. The van der Waals surface area contributed by atoms with Crippen molar-refractivity contribution in [1.29, 1.82) is 0 Å². The van der Waals surface area contributed by atoms with Crippen LogP contribution >= 0.6 is 0 Å². The van der Waals surface area contributed by atoms with Gasteiger partial charge in [0, 0.05) is 35.6 Å². The zero-order chi connectivity index (χ0) is 14.3. The molecule has 1 aliphatic rings. The Labute approximate surface area is 115 Å². The number of fused-ring (bicyclic) bond motifs is 1. The van der Waals surface area contributed by atoms with Crippen LogP contribution in [-0.4, -0.2) is 45.5 Å². The normalized spacial score (nSPS) is 22.4. The lowest BCUT2D eigenvalue weighted by atomic mass is 10.1. The number of carbonyl (C=O) groups excluding carboxylic acids is 2. The third-order valence-electron chi connectivity index (χ3n) is 3.67. The molecular formula is C14H15N3O3. The second kappa shape index (κ2) is 4.64. The van der Waals surface area contributed by atoms with Crippen molar-refractivity contribution >= 4 is 22.7 Å². The van der Waals surface area contributed by atoms with Crippen molar-refractivity contribution in [2.75, 3.05) is 6.54 Å². The topological polar surface area (TPSA) is 99.4 Å². The van der Waals surface area contributed by atoms with E-state index in [4.69, 9.17) is 5.73 Å². The van der Waals surface area contributed by atoms with E-state index in [1.165, 1.54) is 4.90 Å². The van der Waals surface area contributed by atoms with Gasteiger partial charge in [0.25, 0.3) is 5.91 Å². The molecule has 1 fully saturated rings. The number of nitrogens with zero attached hydrogens (tertiary/aromatic N) is 1. The largest absolute Gasteiger partial charge is 0.391 e. The van der Waals surface area contributed by atoms with Crippen LogP contribution in [0.5, 0.6) is 0 Å². The van der Waals surface area contributed by atoms with Crippen molar-refractivity contribution in [3.63, 3.8) is 0 Å². The number of nitrogens with two attached hydrogens (primary N) is 1. The fraction of sp³-hybridized carbons (Fsp3) is 0.286. The molecule has 2 heterocycles. The minimum absolute atomic E-state index is 0.137. The van der Waals surface area contributed by atoms with Gasteiger partial charge in [0.05, 0.1) is 6.10 Å². The number of amides is 2. The van der Waals surface area contributed by atoms with Gasteiger partial charge in [-0.05, 0) is 24.3 Å². The summed E-state index contributed by atoms with van der Waals surface area (Å²) in [4.78, 5) is 28.2. The van der Waals surface area contributed by atoms with Crippen LogP contribution < -0.4 is 5.73 Å². The third-order valence-corrected chi connectivity index (χ3v) is 3.67. The van der Waals surface area contributed by atoms with Gasteiger partial charge in [0.2, 0.25) is 5.91 Å². The predicted molar refractivity (Wildman–Crippen MR) is 72.9 cm³/mol. The van der Waals surface area contributed by atoms with E-state index in [1.54, 1.807) is 18.3 Å². The molecule has 3 rings (SSSR count). The fourth-order valence-electron chi connectivity index (χ4n) is 2.66. The molecule has 2 atom stereocenters. The first kappa shape index (κ1) is 12.7. The molecule has 2 unspecified atom stereocenters. The van der Waals surface area contributed by atoms with E-state index < -0.39 is 18.1 Å². The average Bonchev–Trinajstić information content (AvgIpc) is 3.02. The van der Waals surface area contributed by atoms with Gasteiger partial charge >= 0.3 is 0 Å². The summed E-state index contributed by atoms with van der Waals surface area (Å²) in [6.07, 6.45) is 1.30. The van der Waals surface area contributed by atoms with Crippen LogP contribution in [0.15, 0.2) is 30.5 Å². The van der Waals surface area contributed by atoms with Gasteiger partial charge in [0.15, 0.2) is 0 Å². The number of β-amino-alcohol motifs (C(OH)–C–C–N with tert-alkyl or cyclic N) is 1. The minimum Gasteiger partial charge on any atom is -0.391 e. The standard InChI is InChI=1S/C14H15N3O3/c15-13(19)12-6-10(18)7-17(12)14(20)9-1-2-11-8(5-9)3-4-16-11/h1-5,10,12,16,18H,6-7H2,(H2,15,19). The number of likely N-dealkylation sites (tertiary alicyclic amines) is 1. The van der Waals surface area contributed by atoms with E-state index in [2.05, 4.69) is 4.98 Å². The molecule has 1 aromatic carbocycles. The highest BCUT2D eigenvalue weighted by Crippen LogP contribution is 2.22. The van der Waals surface area contributed by atoms with Crippen LogP contribution in [0.4, 0.5) is 0 Å². The van der Waals surface area contributed by atoms with Crippen molar-refractivity contribution in [2.24, 2.45) is 5.73 Å². The van der Waals surface area contributed by atoms with Crippen LogP contribution in [0.25, 0.3) is 10.9 Å². The maximum atomic E-state index is 12.5. The van der Waals surface area contributed by atoms with Gasteiger partial charge in [0.1, 0.15) is 6.04 Å². The summed E-state index contributed by atoms with van der Waals surface area (Å²) in [5, 5.41) is 10.6. The zero-order valence-electron chi connectivity index (χ0n) is 10.7. The Morgan fingerprint density at radius 1 is 1.35 bits per heavy atom. The quantitative estimate of drug-likeness (QED) is 0.730. The molecule has 20 heavy (non-hydrogen) atoms. The number of aromatic nitrogens is 1. The number of hydrogen-bond acceptors (Lipinski definition) is 3. The van der Waals surface area contributed by atoms with Crippen LogP contribution in [-0.2, 0) is 4.79 Å². The fourth-order valence-corrected chi connectivity index (χ4v) is 2.66. The number of aliphatic hydroxyl groups excluding tert-OH is 1. The number of aromatic amines is 1. The Morgan fingerprint density at radius 3 is 2.90 bits per heavy atom. The second-order valence-electron chi connectivity index (χ2n) is 5.04. The van der Waals surface area contributed by atoms with Crippen LogP contribution in [0, 0.1) is 0 Å². The number of nitrogens with one attached hydrogen (secondary N) is 1. The zero-order valence-corrected chi connectivity index (χ0v) is 10.7. The Balaban J connectivity index is 1.92. The summed E-state index contributed by atoms with van der Waals surface area (Å²) >= 11 is 0. The summed E-state index contributed by atoms with van der Waals surface area (Å²) in [6.45, 7) is 0.137. The van der Waals surface area contributed by atoms with Gasteiger partial charge in [-0.3, -0.25) is 9.59 Å². The SMILES string of the molecule is NC(=O)C1CC(O)CN1C(=O)c1ccc2[nH]ccc2c1. The first-order chi connectivity index (χ1) is 9.56. The lowest BCUT2D eigenvalue weighted by Crippen LogP contribution is -2.43. The predicted octanol–water partition coefficient (Wildman–Crippen LogP) is 0.229. The highest BCUT2D eigenvalue weighted by molar-refractivity contribution is 6.00. The second-order valence-corrected chi connectivity index (χ2v) is 5.04. The van der Waals surface area contributed by atoms with Gasteiger partial charge < -0.3 is 20.7 Å². The molecule has 104 valence electrons. The smallest absolute Gasteiger partial charge is 0.254 e. The Morgan fingerprint density at radius 2 is 2.15 bits per heavy atom. The molecule has 6 heteroatoms. The molecule has 1 aromatic heterocycles. The minimum atomic E-state index is -0.737. The highest BCUT2D eigenvalue weighted by atomic mass is 16.3. The molecule has 1 saturated heterocycles. The molecule has 0 aliphatic carbocycles. The maximum absolute atomic E-state index is 12.5. The summed E-state index contributed by atoms with van der Waals surface area (Å²) < 4.78 is 0. The molecule has 2 aromatic rings. The monoisotopic (exact) mass is 273 g/mol. The van der Waals surface area contributed by atoms with Crippen LogP contribution in [0.1, 0.15) is 16.8 Å². The summed E-state index contributed by atoms with van der Waals surface area (Å²) in [7, 11) is 0. The van der Waals surface area contributed by atoms with Crippen LogP contribution in [0.3, 0.4) is 0 Å². The van der Waals surface area contributed by atoms with E-state index in [0.29, 0.717) is 5.56 Å². The third kappa shape index (κ3) is 2.04. The van der Waals surface area contributed by atoms with Gasteiger partial charge in [-0.15, -0.1) is 0 Å². The number of benzene rings is 1. The van der Waals surface area contributed by atoms with Crippen molar-refractivity contribution < 1.29 is 14.7 Å². The number of carbonyl (C=O) groups is 2. The lowest BCUT2D eigenvalue weighted by molar-refractivity contribution is -0.121. The molecule has 0 saturated carbocycles. The first-order valence-corrected chi connectivity index (χ1v) is 6.42. The number of aliphatic hydroxyl groups is 1. The van der Waals surface area contributed by atoms with E-state index in [0.717, 1.165) is 10.9 Å². The Kier molecular flexibility index (Phi) is 2.94. The van der Waals surface area contributed by atoms with Crippen molar-refractivity contribution in [2.45, 2.75) is 18.6 Å². The molecule has 1 aliphatic heterocycles. The van der Waals surface area contributed by atoms with E-state index >= 15 is 0 Å². The van der Waals surface area contributed by atoms with Crippen molar-refractivity contribution in [3.8, 4) is 0 Å².